The molecular weight excluding hydrogens is 256 g/mol. The van der Waals surface area contributed by atoms with Crippen LogP contribution in [0, 0.1) is 5.92 Å². The highest BCUT2D eigenvalue weighted by Gasteiger charge is 2.26. The summed E-state index contributed by atoms with van der Waals surface area (Å²) in [5.41, 5.74) is 1.24. The van der Waals surface area contributed by atoms with Crippen LogP contribution in [0.15, 0.2) is 5.38 Å². The number of nitrogens with one attached hydrogen (secondary N) is 1. The van der Waals surface area contributed by atoms with Gasteiger partial charge in [-0.05, 0) is 25.8 Å². The molecule has 1 saturated carbocycles. The number of rotatable bonds is 6. The molecule has 1 aromatic rings. The molecule has 0 spiro atoms. The monoisotopic (exact) mass is 280 g/mol. The van der Waals surface area contributed by atoms with Crippen LogP contribution >= 0.6 is 11.3 Å². The zero-order valence-corrected chi connectivity index (χ0v) is 12.6. The summed E-state index contributed by atoms with van der Waals surface area (Å²) in [5.74, 6) is 1.02. The van der Waals surface area contributed by atoms with Gasteiger partial charge in [0.2, 0.25) is 0 Å². The van der Waals surface area contributed by atoms with Gasteiger partial charge in [-0.3, -0.25) is 4.90 Å². The van der Waals surface area contributed by atoms with E-state index < -0.39 is 0 Å². The van der Waals surface area contributed by atoms with Crippen molar-refractivity contribution in [2.75, 3.05) is 39.8 Å². The van der Waals surface area contributed by atoms with Crippen LogP contribution in [0.2, 0.25) is 0 Å². The number of hydrogen-bond acceptors (Lipinski definition) is 5. The van der Waals surface area contributed by atoms with Crippen LogP contribution in [0.25, 0.3) is 0 Å². The topological polar surface area (TPSA) is 31.4 Å². The van der Waals surface area contributed by atoms with Crippen molar-refractivity contribution in [3.8, 4) is 0 Å². The minimum Gasteiger partial charge on any atom is -0.314 e. The molecule has 0 bridgehead atoms. The number of piperazine rings is 1. The molecule has 0 radical (unpaired) electrons. The predicted octanol–water partition coefficient (Wildman–Crippen LogP) is 1.39. The van der Waals surface area contributed by atoms with Gasteiger partial charge in [-0.2, -0.15) is 0 Å². The van der Waals surface area contributed by atoms with E-state index >= 15 is 0 Å². The Morgan fingerprint density at radius 3 is 2.68 bits per heavy atom. The summed E-state index contributed by atoms with van der Waals surface area (Å²) in [7, 11) is 1.97. The van der Waals surface area contributed by atoms with Gasteiger partial charge in [-0.15, -0.1) is 11.3 Å². The summed E-state index contributed by atoms with van der Waals surface area (Å²) in [5, 5.41) is 6.57. The molecule has 2 heterocycles. The molecule has 1 aromatic heterocycles. The quantitative estimate of drug-likeness (QED) is 0.853. The van der Waals surface area contributed by atoms with Gasteiger partial charge >= 0.3 is 0 Å². The Kier molecular flexibility index (Phi) is 4.48. The van der Waals surface area contributed by atoms with Crippen molar-refractivity contribution in [1.29, 1.82) is 0 Å². The van der Waals surface area contributed by atoms with Crippen LogP contribution in [0.1, 0.15) is 23.5 Å². The van der Waals surface area contributed by atoms with Gasteiger partial charge < -0.3 is 10.2 Å². The van der Waals surface area contributed by atoms with Crippen molar-refractivity contribution in [3.05, 3.63) is 16.1 Å². The molecule has 4 nitrogen and oxygen atoms in total. The van der Waals surface area contributed by atoms with Gasteiger partial charge in [0, 0.05) is 51.2 Å². The van der Waals surface area contributed by atoms with Crippen molar-refractivity contribution in [3.63, 3.8) is 0 Å². The summed E-state index contributed by atoms with van der Waals surface area (Å²) >= 11 is 1.77. The fourth-order valence-corrected chi connectivity index (χ4v) is 3.48. The van der Waals surface area contributed by atoms with Gasteiger partial charge in [0.15, 0.2) is 0 Å². The molecule has 0 amide bonds. The highest BCUT2D eigenvalue weighted by Crippen LogP contribution is 2.30. The zero-order chi connectivity index (χ0) is 13.1. The number of hydrogen-bond donors (Lipinski definition) is 1. The van der Waals surface area contributed by atoms with Crippen LogP contribution in [-0.4, -0.2) is 54.6 Å². The molecule has 3 rings (SSSR count). The van der Waals surface area contributed by atoms with E-state index in [0.29, 0.717) is 0 Å². The Morgan fingerprint density at radius 2 is 2.00 bits per heavy atom. The summed E-state index contributed by atoms with van der Waals surface area (Å²) in [6.45, 7) is 8.14. The first-order chi connectivity index (χ1) is 9.33. The minimum atomic E-state index is 0.889. The van der Waals surface area contributed by atoms with Crippen molar-refractivity contribution in [1.82, 2.24) is 20.1 Å². The van der Waals surface area contributed by atoms with Gasteiger partial charge in [-0.25, -0.2) is 4.98 Å². The van der Waals surface area contributed by atoms with Crippen molar-refractivity contribution in [2.45, 2.75) is 25.9 Å². The maximum absolute atomic E-state index is 4.67. The van der Waals surface area contributed by atoms with Crippen LogP contribution in [0.4, 0.5) is 0 Å². The number of aromatic nitrogens is 1. The van der Waals surface area contributed by atoms with Crippen LogP contribution in [0.3, 0.4) is 0 Å². The van der Waals surface area contributed by atoms with Crippen molar-refractivity contribution < 1.29 is 0 Å². The largest absolute Gasteiger partial charge is 0.314 e. The van der Waals surface area contributed by atoms with E-state index in [9.17, 15) is 0 Å². The lowest BCUT2D eigenvalue weighted by Crippen LogP contribution is -2.46. The molecule has 5 heteroatoms. The SMILES string of the molecule is CNCc1nc(CN2CCN(CC3CC3)CC2)cs1. The van der Waals surface area contributed by atoms with E-state index in [-0.39, 0.29) is 0 Å². The Morgan fingerprint density at radius 1 is 1.26 bits per heavy atom. The van der Waals surface area contributed by atoms with E-state index in [2.05, 4.69) is 25.5 Å². The maximum Gasteiger partial charge on any atom is 0.107 e. The molecule has 2 aliphatic rings. The smallest absolute Gasteiger partial charge is 0.107 e. The average Bonchev–Trinajstić information content (AvgIpc) is 3.12. The Hall–Kier alpha value is -0.490. The van der Waals surface area contributed by atoms with Crippen LogP contribution in [-0.2, 0) is 13.1 Å². The van der Waals surface area contributed by atoms with Crippen molar-refractivity contribution in [2.24, 2.45) is 5.92 Å². The van der Waals surface area contributed by atoms with E-state index in [1.165, 1.54) is 56.3 Å². The first kappa shape index (κ1) is 13.5. The number of thiazole rings is 1. The molecule has 0 atom stereocenters. The second-order valence-electron chi connectivity index (χ2n) is 5.78. The molecule has 1 N–H and O–H groups in total. The second kappa shape index (κ2) is 6.31. The van der Waals surface area contributed by atoms with Gasteiger partial charge in [-0.1, -0.05) is 0 Å². The Labute approximate surface area is 119 Å². The third kappa shape index (κ3) is 3.99. The molecular formula is C14H24N4S. The Bertz CT molecular complexity index is 394. The molecule has 19 heavy (non-hydrogen) atoms. The summed E-state index contributed by atoms with van der Waals surface area (Å²) < 4.78 is 0. The highest BCUT2D eigenvalue weighted by atomic mass is 32.1. The van der Waals surface area contributed by atoms with Gasteiger partial charge in [0.05, 0.1) is 5.69 Å². The van der Waals surface area contributed by atoms with E-state index in [4.69, 9.17) is 0 Å². The molecule has 0 aromatic carbocycles. The second-order valence-corrected chi connectivity index (χ2v) is 6.73. The zero-order valence-electron chi connectivity index (χ0n) is 11.8. The van der Waals surface area contributed by atoms with Crippen LogP contribution in [0.5, 0.6) is 0 Å². The van der Waals surface area contributed by atoms with Crippen LogP contribution < -0.4 is 5.32 Å². The lowest BCUT2D eigenvalue weighted by atomic mass is 10.2. The standard InChI is InChI=1S/C14H24N4S/c1-15-8-14-16-13(11-19-14)10-18-6-4-17(5-7-18)9-12-2-3-12/h11-12,15H,2-10H2,1H3. The first-order valence-electron chi connectivity index (χ1n) is 7.36. The predicted molar refractivity (Wildman–Crippen MR) is 79.3 cm³/mol. The summed E-state index contributed by atoms with van der Waals surface area (Å²) in [6, 6.07) is 0. The molecule has 1 aliphatic carbocycles. The summed E-state index contributed by atoms with van der Waals surface area (Å²) in [4.78, 5) is 9.86. The fraction of sp³-hybridized carbons (Fsp3) is 0.786. The lowest BCUT2D eigenvalue weighted by Gasteiger charge is -2.34. The lowest BCUT2D eigenvalue weighted by molar-refractivity contribution is 0.122. The molecule has 1 saturated heterocycles. The average molecular weight is 280 g/mol. The molecule has 1 aliphatic heterocycles. The summed E-state index contributed by atoms with van der Waals surface area (Å²) in [6.07, 6.45) is 2.93. The van der Waals surface area contributed by atoms with Crippen molar-refractivity contribution >= 4 is 11.3 Å². The van der Waals surface area contributed by atoms with Gasteiger partial charge in [0.1, 0.15) is 5.01 Å². The molecule has 0 unspecified atom stereocenters. The number of nitrogens with zero attached hydrogens (tertiary/aromatic N) is 3. The van der Waals surface area contributed by atoms with E-state index in [0.717, 1.165) is 19.0 Å². The fourth-order valence-electron chi connectivity index (χ4n) is 2.68. The minimum absolute atomic E-state index is 0.889. The third-order valence-corrected chi connectivity index (χ3v) is 4.89. The highest BCUT2D eigenvalue weighted by molar-refractivity contribution is 7.09. The van der Waals surface area contributed by atoms with Gasteiger partial charge in [0.25, 0.3) is 0 Å². The first-order valence-corrected chi connectivity index (χ1v) is 8.24. The molecule has 106 valence electrons. The molecule has 2 fully saturated rings. The van der Waals surface area contributed by atoms with E-state index in [1.807, 2.05) is 7.05 Å². The Balaban J connectivity index is 1.42. The van der Waals surface area contributed by atoms with E-state index in [1.54, 1.807) is 11.3 Å². The maximum atomic E-state index is 4.67. The normalized spacial score (nSPS) is 21.9. The third-order valence-electron chi connectivity index (χ3n) is 3.99.